The number of carbonyl (C=O) groups excluding carboxylic acids is 1. The van der Waals surface area contributed by atoms with E-state index in [1.807, 2.05) is 85.7 Å². The van der Waals surface area contributed by atoms with Crippen molar-refractivity contribution in [2.24, 2.45) is 0 Å². The van der Waals surface area contributed by atoms with Gasteiger partial charge in [-0.2, -0.15) is 5.01 Å². The highest BCUT2D eigenvalue weighted by Crippen LogP contribution is 2.38. The van der Waals surface area contributed by atoms with Gasteiger partial charge in [0.1, 0.15) is 18.0 Å². The summed E-state index contributed by atoms with van der Waals surface area (Å²) in [6, 6.07) is 12.8. The Balaban J connectivity index is 1.54. The Bertz CT molecular complexity index is 1540. The molecule has 0 radical (unpaired) electrons. The average Bonchev–Trinajstić information content (AvgIpc) is 3.37. The lowest BCUT2D eigenvalue weighted by atomic mass is 9.80. The Kier molecular flexibility index (Phi) is 9.04. The maximum Gasteiger partial charge on any atom is 0.496 e. The van der Waals surface area contributed by atoms with Gasteiger partial charge in [-0.3, -0.25) is 5.43 Å². The van der Waals surface area contributed by atoms with Crippen LogP contribution in [0.15, 0.2) is 54.9 Å². The molecule has 1 N–H and O–H groups in total. The van der Waals surface area contributed by atoms with E-state index < -0.39 is 42.7 Å². The van der Waals surface area contributed by atoms with Gasteiger partial charge in [-0.15, -0.1) is 0 Å². The van der Waals surface area contributed by atoms with Crippen LogP contribution in [0.25, 0.3) is 0 Å². The van der Waals surface area contributed by atoms with Crippen molar-refractivity contribution >= 4 is 42.6 Å². The molecule has 3 aromatic rings. The molecular formula is C32H42B2N4O8. The van der Waals surface area contributed by atoms with Crippen LogP contribution in [0.2, 0.25) is 0 Å². The number of hydrogen-bond donors (Lipinski definition) is 1. The number of methoxy groups -OCH3 is 2. The molecule has 12 nitrogen and oxygen atoms in total. The van der Waals surface area contributed by atoms with Crippen molar-refractivity contribution in [3.8, 4) is 11.8 Å². The van der Waals surface area contributed by atoms with Gasteiger partial charge in [0.15, 0.2) is 0 Å². The molecular weight excluding hydrogens is 590 g/mol. The second-order valence-electron chi connectivity index (χ2n) is 13.3. The third kappa shape index (κ3) is 6.52. The lowest BCUT2D eigenvalue weighted by molar-refractivity contribution is 0.00578. The second kappa shape index (κ2) is 12.4. The first-order chi connectivity index (χ1) is 21.6. The van der Waals surface area contributed by atoms with Crippen LogP contribution in [0.3, 0.4) is 0 Å². The number of pyridine rings is 2. The van der Waals surface area contributed by atoms with E-state index in [4.69, 9.17) is 32.8 Å². The lowest BCUT2D eigenvalue weighted by Crippen LogP contribution is -2.41. The van der Waals surface area contributed by atoms with E-state index in [0.717, 1.165) is 5.56 Å². The number of rotatable bonds is 9. The number of ether oxygens (including phenoxy) is 3. The zero-order valence-corrected chi connectivity index (χ0v) is 28.2. The molecule has 0 atom stereocenters. The highest BCUT2D eigenvalue weighted by molar-refractivity contribution is 6.62. The van der Waals surface area contributed by atoms with Crippen LogP contribution in [-0.2, 0) is 30.0 Å². The number of carbonyl (C=O) groups is 1. The quantitative estimate of drug-likeness (QED) is 0.269. The molecule has 1 amide bonds. The van der Waals surface area contributed by atoms with Crippen LogP contribution in [0.1, 0.15) is 61.0 Å². The van der Waals surface area contributed by atoms with E-state index in [1.54, 1.807) is 24.5 Å². The molecule has 0 saturated carbocycles. The van der Waals surface area contributed by atoms with Gasteiger partial charge in [0.2, 0.25) is 11.8 Å². The number of aromatic nitrogens is 2. The number of nitrogens with one attached hydrogen (secondary N) is 1. The minimum atomic E-state index is -0.743. The fourth-order valence-electron chi connectivity index (χ4n) is 4.81. The number of hydrazine groups is 1. The molecule has 2 fully saturated rings. The zero-order chi connectivity index (χ0) is 33.5. The molecule has 5 rings (SSSR count). The highest BCUT2D eigenvalue weighted by Gasteiger charge is 2.53. The van der Waals surface area contributed by atoms with Gasteiger partial charge in [-0.05, 0) is 73.1 Å². The van der Waals surface area contributed by atoms with Gasteiger partial charge in [0, 0.05) is 23.3 Å². The van der Waals surface area contributed by atoms with Crippen LogP contribution in [0.5, 0.6) is 11.8 Å². The standard InChI is InChI=1S/C32H42B2N4O8/c1-29(2)30(3,4)44-33(43-29)22-16-24(26(40-9)35-18-22)37-38(28(39)42-20-21-14-12-11-13-15-21)25-17-23(19-36-27(25)41-10)34-45-31(5,6)32(7,8)46-34/h11-19,37H,20H2,1-10H3. The summed E-state index contributed by atoms with van der Waals surface area (Å²) in [6.45, 7) is 15.8. The minimum absolute atomic E-state index is 0.0217. The summed E-state index contributed by atoms with van der Waals surface area (Å²) in [6.07, 6.45) is 2.47. The smallest absolute Gasteiger partial charge is 0.479 e. The lowest BCUT2D eigenvalue weighted by Gasteiger charge is -2.32. The molecule has 2 aliphatic heterocycles. The van der Waals surface area contributed by atoms with Gasteiger partial charge in [-0.25, -0.2) is 14.8 Å². The van der Waals surface area contributed by atoms with Gasteiger partial charge in [0.05, 0.1) is 36.6 Å². The van der Waals surface area contributed by atoms with Gasteiger partial charge >= 0.3 is 20.3 Å². The summed E-state index contributed by atoms with van der Waals surface area (Å²) in [4.78, 5) is 22.9. The molecule has 1 aromatic carbocycles. The summed E-state index contributed by atoms with van der Waals surface area (Å²) in [5, 5.41) is 1.19. The maximum absolute atomic E-state index is 13.9. The predicted molar refractivity (Wildman–Crippen MR) is 176 cm³/mol. The Morgan fingerprint density at radius 1 is 0.761 bits per heavy atom. The van der Waals surface area contributed by atoms with Crippen molar-refractivity contribution in [3.63, 3.8) is 0 Å². The van der Waals surface area contributed by atoms with Crippen LogP contribution < -0.4 is 30.8 Å². The number of nitrogens with zero attached hydrogens (tertiary/aromatic N) is 3. The third-order valence-corrected chi connectivity index (χ3v) is 9.02. The number of anilines is 2. The molecule has 244 valence electrons. The molecule has 14 heteroatoms. The Hall–Kier alpha value is -3.84. The van der Waals surface area contributed by atoms with Gasteiger partial charge < -0.3 is 32.8 Å². The molecule has 0 spiro atoms. The monoisotopic (exact) mass is 632 g/mol. The summed E-state index contributed by atoms with van der Waals surface area (Å²) in [5.41, 5.74) is 3.44. The average molecular weight is 632 g/mol. The van der Waals surface area contributed by atoms with Crippen molar-refractivity contribution in [1.82, 2.24) is 9.97 Å². The Morgan fingerprint density at radius 2 is 1.24 bits per heavy atom. The molecule has 0 aliphatic carbocycles. The van der Waals surface area contributed by atoms with Crippen LogP contribution in [0, 0.1) is 0 Å². The number of hydrogen-bond acceptors (Lipinski definition) is 11. The Labute approximate surface area is 271 Å². The largest absolute Gasteiger partial charge is 0.496 e. The van der Waals surface area contributed by atoms with Crippen LogP contribution >= 0.6 is 0 Å². The molecule has 2 saturated heterocycles. The van der Waals surface area contributed by atoms with Crippen LogP contribution in [0.4, 0.5) is 16.2 Å². The normalized spacial score (nSPS) is 19.1. The topological polar surface area (TPSA) is 123 Å². The minimum Gasteiger partial charge on any atom is -0.479 e. The molecule has 4 heterocycles. The van der Waals surface area contributed by atoms with E-state index in [2.05, 4.69) is 15.4 Å². The first-order valence-electron chi connectivity index (χ1n) is 15.1. The third-order valence-electron chi connectivity index (χ3n) is 9.02. The molecule has 0 unspecified atom stereocenters. The summed E-state index contributed by atoms with van der Waals surface area (Å²) in [5.74, 6) is 0.369. The number of amides is 1. The Morgan fingerprint density at radius 3 is 1.74 bits per heavy atom. The maximum atomic E-state index is 13.9. The molecule has 2 aliphatic rings. The molecule has 46 heavy (non-hydrogen) atoms. The molecule has 2 aromatic heterocycles. The van der Waals surface area contributed by atoms with Crippen molar-refractivity contribution < 1.29 is 37.6 Å². The fourth-order valence-corrected chi connectivity index (χ4v) is 4.81. The van der Waals surface area contributed by atoms with Crippen LogP contribution in [-0.4, -0.2) is 66.9 Å². The summed E-state index contributed by atoms with van der Waals surface area (Å²) in [7, 11) is 1.51. The number of benzene rings is 1. The van der Waals surface area contributed by atoms with Crippen molar-refractivity contribution in [1.29, 1.82) is 0 Å². The van der Waals surface area contributed by atoms with E-state index >= 15 is 0 Å². The van der Waals surface area contributed by atoms with Crippen molar-refractivity contribution in [2.45, 2.75) is 84.4 Å². The van der Waals surface area contributed by atoms with Crippen molar-refractivity contribution in [2.75, 3.05) is 24.7 Å². The SMILES string of the molecule is COc1ncc(B2OC(C)(C)C(C)(C)O2)cc1NN(C(=O)OCc1ccccc1)c1cc(B2OC(C)(C)C(C)(C)O2)cnc1OC. The van der Waals surface area contributed by atoms with E-state index in [0.29, 0.717) is 16.6 Å². The first kappa shape index (κ1) is 33.5. The predicted octanol–water partition coefficient (Wildman–Crippen LogP) is 4.26. The zero-order valence-electron chi connectivity index (χ0n) is 28.2. The van der Waals surface area contributed by atoms with E-state index in [-0.39, 0.29) is 24.1 Å². The van der Waals surface area contributed by atoms with E-state index in [1.165, 1.54) is 19.2 Å². The second-order valence-corrected chi connectivity index (χ2v) is 13.3. The summed E-state index contributed by atoms with van der Waals surface area (Å²) < 4.78 is 42.0. The van der Waals surface area contributed by atoms with Crippen molar-refractivity contribution in [3.05, 3.63) is 60.4 Å². The van der Waals surface area contributed by atoms with E-state index in [9.17, 15) is 4.79 Å². The fraction of sp³-hybridized carbons (Fsp3) is 0.469. The summed E-state index contributed by atoms with van der Waals surface area (Å²) >= 11 is 0. The van der Waals surface area contributed by atoms with Gasteiger partial charge in [0.25, 0.3) is 0 Å². The highest BCUT2D eigenvalue weighted by atomic mass is 16.7. The first-order valence-corrected chi connectivity index (χ1v) is 15.1. The molecule has 0 bridgehead atoms. The van der Waals surface area contributed by atoms with Gasteiger partial charge in [-0.1, -0.05) is 30.3 Å².